The van der Waals surface area contributed by atoms with Crippen molar-refractivity contribution in [2.45, 2.75) is 19.4 Å². The Hall–Kier alpha value is -3.45. The Bertz CT molecular complexity index is 1200. The molecule has 6 nitrogen and oxygen atoms in total. The number of aromatic amines is 1. The van der Waals surface area contributed by atoms with Gasteiger partial charge in [-0.3, -0.25) is 4.79 Å². The van der Waals surface area contributed by atoms with E-state index in [2.05, 4.69) is 31.2 Å². The van der Waals surface area contributed by atoms with Crippen LogP contribution in [-0.2, 0) is 9.53 Å². The van der Waals surface area contributed by atoms with E-state index in [-0.39, 0.29) is 5.91 Å². The molecule has 0 aliphatic rings. The first kappa shape index (κ1) is 20.8. The fourth-order valence-corrected chi connectivity index (χ4v) is 3.48. The maximum absolute atomic E-state index is 13.0. The number of H-pyrrole nitrogens is 1. The Morgan fingerprint density at radius 2 is 1.74 bits per heavy atom. The van der Waals surface area contributed by atoms with Gasteiger partial charge in [-0.25, -0.2) is 9.78 Å². The lowest BCUT2D eigenvalue weighted by Gasteiger charge is -2.17. The van der Waals surface area contributed by atoms with Gasteiger partial charge in [-0.05, 0) is 48.9 Å². The molecule has 0 radical (unpaired) electrons. The predicted octanol–water partition coefficient (Wildman–Crippen LogP) is 5.57. The Morgan fingerprint density at radius 1 is 1.03 bits per heavy atom. The number of esters is 1. The van der Waals surface area contributed by atoms with Crippen LogP contribution in [0.4, 0.5) is 5.69 Å². The number of hydrogen-bond acceptors (Lipinski definition) is 4. The predicted molar refractivity (Wildman–Crippen MR) is 124 cm³/mol. The van der Waals surface area contributed by atoms with Crippen molar-refractivity contribution in [1.82, 2.24) is 9.97 Å². The number of aromatic nitrogens is 2. The van der Waals surface area contributed by atoms with Crippen LogP contribution in [0.5, 0.6) is 0 Å². The van der Waals surface area contributed by atoms with E-state index < -0.39 is 12.1 Å². The molecule has 0 aliphatic carbocycles. The summed E-state index contributed by atoms with van der Waals surface area (Å²) in [7, 11) is 0. The molecule has 0 spiro atoms. The highest BCUT2D eigenvalue weighted by atomic mass is 79.9. The van der Waals surface area contributed by atoms with Crippen molar-refractivity contribution >= 4 is 44.5 Å². The van der Waals surface area contributed by atoms with Crippen LogP contribution < -0.4 is 5.32 Å². The van der Waals surface area contributed by atoms with Gasteiger partial charge < -0.3 is 15.0 Å². The van der Waals surface area contributed by atoms with Gasteiger partial charge in [-0.1, -0.05) is 53.2 Å². The standard InChI is InChI=1S/C24H20BrN3O3/c1-2-21(23(29)26-16-13-11-15(25)12-14-16)31-24(30)18-8-4-3-7-17(18)22-27-19-9-5-6-10-20(19)28-22/h3-14,21H,2H2,1H3,(H,26,29)(H,27,28). The number of imidazole rings is 1. The highest BCUT2D eigenvalue weighted by Gasteiger charge is 2.24. The first-order valence-electron chi connectivity index (χ1n) is 9.86. The van der Waals surface area contributed by atoms with Crippen LogP contribution in [0.2, 0.25) is 0 Å². The summed E-state index contributed by atoms with van der Waals surface area (Å²) in [6, 6.07) is 21.9. The number of amides is 1. The number of nitrogens with zero attached hydrogens (tertiary/aromatic N) is 1. The molecule has 1 heterocycles. The van der Waals surface area contributed by atoms with Crippen LogP contribution in [-0.4, -0.2) is 27.9 Å². The molecule has 1 aromatic heterocycles. The van der Waals surface area contributed by atoms with Gasteiger partial charge in [0.1, 0.15) is 5.82 Å². The number of para-hydroxylation sites is 2. The van der Waals surface area contributed by atoms with Crippen LogP contribution in [0, 0.1) is 0 Å². The molecule has 31 heavy (non-hydrogen) atoms. The van der Waals surface area contributed by atoms with E-state index in [4.69, 9.17) is 4.74 Å². The molecule has 1 amide bonds. The Balaban J connectivity index is 1.55. The molecular formula is C24H20BrN3O3. The Morgan fingerprint density at radius 3 is 2.48 bits per heavy atom. The van der Waals surface area contributed by atoms with Crippen molar-refractivity contribution in [2.75, 3.05) is 5.32 Å². The van der Waals surface area contributed by atoms with Crippen molar-refractivity contribution in [1.29, 1.82) is 0 Å². The first-order valence-corrected chi connectivity index (χ1v) is 10.7. The average Bonchev–Trinajstić information content (AvgIpc) is 3.23. The van der Waals surface area contributed by atoms with E-state index in [0.29, 0.717) is 29.1 Å². The molecule has 7 heteroatoms. The average molecular weight is 478 g/mol. The second-order valence-corrected chi connectivity index (χ2v) is 7.86. The number of rotatable bonds is 6. The van der Waals surface area contributed by atoms with Gasteiger partial charge in [-0.2, -0.15) is 0 Å². The van der Waals surface area contributed by atoms with Gasteiger partial charge in [0.15, 0.2) is 6.10 Å². The molecule has 0 saturated heterocycles. The zero-order chi connectivity index (χ0) is 21.8. The molecule has 1 atom stereocenters. The largest absolute Gasteiger partial charge is 0.449 e. The topological polar surface area (TPSA) is 84.1 Å². The third-order valence-electron chi connectivity index (χ3n) is 4.82. The third kappa shape index (κ3) is 4.67. The zero-order valence-corrected chi connectivity index (χ0v) is 18.3. The Labute approximate surface area is 187 Å². The monoisotopic (exact) mass is 477 g/mol. The van der Waals surface area contributed by atoms with E-state index in [0.717, 1.165) is 15.5 Å². The molecule has 4 aromatic rings. The Kier molecular flexibility index (Phi) is 6.13. The third-order valence-corrected chi connectivity index (χ3v) is 5.34. The lowest BCUT2D eigenvalue weighted by molar-refractivity contribution is -0.124. The lowest BCUT2D eigenvalue weighted by Crippen LogP contribution is -2.32. The number of carbonyl (C=O) groups excluding carboxylic acids is 2. The number of benzene rings is 3. The highest BCUT2D eigenvalue weighted by molar-refractivity contribution is 9.10. The summed E-state index contributed by atoms with van der Waals surface area (Å²) in [5.41, 5.74) is 3.27. The second kappa shape index (κ2) is 9.14. The van der Waals surface area contributed by atoms with Gasteiger partial charge in [-0.15, -0.1) is 0 Å². The van der Waals surface area contributed by atoms with Crippen molar-refractivity contribution in [3.05, 3.63) is 82.8 Å². The van der Waals surface area contributed by atoms with Crippen LogP contribution in [0.15, 0.2) is 77.3 Å². The summed E-state index contributed by atoms with van der Waals surface area (Å²) >= 11 is 3.36. The molecule has 0 aliphatic heterocycles. The summed E-state index contributed by atoms with van der Waals surface area (Å²) < 4.78 is 6.49. The minimum Gasteiger partial charge on any atom is -0.449 e. The maximum Gasteiger partial charge on any atom is 0.339 e. The first-order chi connectivity index (χ1) is 15.0. The van der Waals surface area contributed by atoms with E-state index in [1.54, 1.807) is 37.3 Å². The minimum atomic E-state index is -0.917. The number of anilines is 1. The number of nitrogens with one attached hydrogen (secondary N) is 2. The minimum absolute atomic E-state index is 0.344. The summed E-state index contributed by atoms with van der Waals surface area (Å²) in [6.07, 6.45) is -0.569. The lowest BCUT2D eigenvalue weighted by atomic mass is 10.1. The molecule has 4 rings (SSSR count). The highest BCUT2D eigenvalue weighted by Crippen LogP contribution is 2.25. The molecule has 0 saturated carbocycles. The molecule has 156 valence electrons. The van der Waals surface area contributed by atoms with Gasteiger partial charge in [0.2, 0.25) is 0 Å². The summed E-state index contributed by atoms with van der Waals surface area (Å²) in [5.74, 6) is -0.380. The second-order valence-electron chi connectivity index (χ2n) is 6.95. The molecule has 2 N–H and O–H groups in total. The number of halogens is 1. The zero-order valence-electron chi connectivity index (χ0n) is 16.8. The number of fused-ring (bicyclic) bond motifs is 1. The van der Waals surface area contributed by atoms with Gasteiger partial charge in [0, 0.05) is 15.7 Å². The van der Waals surface area contributed by atoms with Crippen molar-refractivity contribution in [3.63, 3.8) is 0 Å². The van der Waals surface area contributed by atoms with Crippen LogP contribution in [0.1, 0.15) is 23.7 Å². The van der Waals surface area contributed by atoms with Crippen LogP contribution in [0.3, 0.4) is 0 Å². The molecule has 0 bridgehead atoms. The van der Waals surface area contributed by atoms with E-state index >= 15 is 0 Å². The van der Waals surface area contributed by atoms with Crippen LogP contribution in [0.25, 0.3) is 22.4 Å². The SMILES string of the molecule is CCC(OC(=O)c1ccccc1-c1nc2ccccc2[nH]1)C(=O)Nc1ccc(Br)cc1. The van der Waals surface area contributed by atoms with Gasteiger partial charge >= 0.3 is 5.97 Å². The number of hydrogen-bond donors (Lipinski definition) is 2. The molecule has 0 fully saturated rings. The smallest absolute Gasteiger partial charge is 0.339 e. The fraction of sp³-hybridized carbons (Fsp3) is 0.125. The summed E-state index contributed by atoms with van der Waals surface area (Å²) in [4.78, 5) is 33.4. The van der Waals surface area contributed by atoms with E-state index in [9.17, 15) is 9.59 Å². The summed E-state index contributed by atoms with van der Waals surface area (Å²) in [6.45, 7) is 1.80. The molecular weight excluding hydrogens is 458 g/mol. The maximum atomic E-state index is 13.0. The molecule has 3 aromatic carbocycles. The molecule has 1 unspecified atom stereocenters. The van der Waals surface area contributed by atoms with Crippen molar-refractivity contribution in [3.8, 4) is 11.4 Å². The fourth-order valence-electron chi connectivity index (χ4n) is 3.22. The van der Waals surface area contributed by atoms with E-state index in [1.165, 1.54) is 0 Å². The van der Waals surface area contributed by atoms with Crippen molar-refractivity contribution < 1.29 is 14.3 Å². The van der Waals surface area contributed by atoms with Crippen LogP contribution >= 0.6 is 15.9 Å². The van der Waals surface area contributed by atoms with Gasteiger partial charge in [0.25, 0.3) is 5.91 Å². The normalized spacial score (nSPS) is 11.8. The van der Waals surface area contributed by atoms with Gasteiger partial charge in [0.05, 0.1) is 16.6 Å². The van der Waals surface area contributed by atoms with Crippen molar-refractivity contribution in [2.24, 2.45) is 0 Å². The number of carbonyl (C=O) groups is 2. The quantitative estimate of drug-likeness (QED) is 0.355. The van der Waals surface area contributed by atoms with E-state index in [1.807, 2.05) is 42.5 Å². The summed E-state index contributed by atoms with van der Waals surface area (Å²) in [5, 5.41) is 2.79. The number of ether oxygens (including phenoxy) is 1.